The van der Waals surface area contributed by atoms with Gasteiger partial charge in [0.1, 0.15) is 23.0 Å². The third-order valence-corrected chi connectivity index (χ3v) is 7.21. The summed E-state index contributed by atoms with van der Waals surface area (Å²) < 4.78 is 12.4. The van der Waals surface area contributed by atoms with Gasteiger partial charge in [-0.05, 0) is 122 Å². The summed E-state index contributed by atoms with van der Waals surface area (Å²) in [5.41, 5.74) is 9.61. The summed E-state index contributed by atoms with van der Waals surface area (Å²) in [6.07, 6.45) is 0. The van der Waals surface area contributed by atoms with Crippen LogP contribution in [-0.2, 0) is 5.41 Å². The van der Waals surface area contributed by atoms with E-state index >= 15 is 0 Å². The molecule has 0 fully saturated rings. The highest BCUT2D eigenvalue weighted by Crippen LogP contribution is 2.37. The number of hydrogen-bond donors (Lipinski definition) is 0. The maximum absolute atomic E-state index is 6.21. The van der Waals surface area contributed by atoms with Crippen molar-refractivity contribution in [1.82, 2.24) is 0 Å². The quantitative estimate of drug-likeness (QED) is 0.283. The Hall–Kier alpha value is -3.52. The first-order valence-electron chi connectivity index (χ1n) is 12.3. The maximum Gasteiger partial charge on any atom is 0.130 e. The molecule has 0 amide bonds. The lowest BCUT2D eigenvalue weighted by molar-refractivity contribution is 0.476. The molecule has 4 aromatic rings. The molecule has 0 saturated heterocycles. The Kier molecular flexibility index (Phi) is 6.76. The predicted molar refractivity (Wildman–Crippen MR) is 146 cm³/mol. The fraction of sp³-hybridized carbons (Fsp3) is 0.273. The van der Waals surface area contributed by atoms with E-state index < -0.39 is 0 Å². The van der Waals surface area contributed by atoms with Crippen LogP contribution in [0.25, 0.3) is 0 Å². The molecular weight excluding hydrogens is 428 g/mol. The second-order valence-electron chi connectivity index (χ2n) is 10.3. The van der Waals surface area contributed by atoms with Crippen molar-refractivity contribution >= 4 is 0 Å². The van der Waals surface area contributed by atoms with Crippen LogP contribution in [0.15, 0.2) is 72.8 Å². The third kappa shape index (κ3) is 5.27. The summed E-state index contributed by atoms with van der Waals surface area (Å²) in [5, 5.41) is 0. The standard InChI is InChI=1S/C33H36O2/c1-21-9-13-29(19-23(21)3)34-31-15-11-27(17-25(31)5)33(7,8)28-12-16-32(26(6)18-28)35-30-14-10-22(2)24(4)20-30/h9-20H,1-8H3. The summed E-state index contributed by atoms with van der Waals surface area (Å²) in [5.74, 6) is 3.53. The lowest BCUT2D eigenvalue weighted by Gasteiger charge is -2.28. The van der Waals surface area contributed by atoms with E-state index in [0.717, 1.165) is 34.1 Å². The molecule has 0 atom stereocenters. The fourth-order valence-electron chi connectivity index (χ4n) is 4.28. The van der Waals surface area contributed by atoms with Gasteiger partial charge in [0.25, 0.3) is 0 Å². The number of ether oxygens (including phenoxy) is 2. The van der Waals surface area contributed by atoms with Gasteiger partial charge in [-0.2, -0.15) is 0 Å². The topological polar surface area (TPSA) is 18.5 Å². The van der Waals surface area contributed by atoms with Crippen LogP contribution in [0.2, 0.25) is 0 Å². The minimum absolute atomic E-state index is 0.159. The van der Waals surface area contributed by atoms with Gasteiger partial charge < -0.3 is 9.47 Å². The van der Waals surface area contributed by atoms with E-state index in [2.05, 4.69) is 116 Å². The van der Waals surface area contributed by atoms with Crippen molar-refractivity contribution in [2.24, 2.45) is 0 Å². The largest absolute Gasteiger partial charge is 0.457 e. The molecule has 0 aromatic heterocycles. The van der Waals surface area contributed by atoms with Gasteiger partial charge in [0, 0.05) is 5.41 Å². The van der Waals surface area contributed by atoms with Gasteiger partial charge in [0.05, 0.1) is 0 Å². The Bertz CT molecular complexity index is 1270. The van der Waals surface area contributed by atoms with E-state index in [-0.39, 0.29) is 5.41 Å². The molecule has 0 heterocycles. The van der Waals surface area contributed by atoms with Crippen LogP contribution in [0.5, 0.6) is 23.0 Å². The zero-order valence-corrected chi connectivity index (χ0v) is 22.2. The fourth-order valence-corrected chi connectivity index (χ4v) is 4.28. The van der Waals surface area contributed by atoms with Crippen molar-refractivity contribution in [3.63, 3.8) is 0 Å². The maximum atomic E-state index is 6.21. The van der Waals surface area contributed by atoms with E-state index in [9.17, 15) is 0 Å². The summed E-state index contributed by atoms with van der Waals surface area (Å²) in [4.78, 5) is 0. The third-order valence-electron chi connectivity index (χ3n) is 7.21. The van der Waals surface area contributed by atoms with Crippen LogP contribution in [0.1, 0.15) is 58.4 Å². The van der Waals surface area contributed by atoms with Crippen molar-refractivity contribution in [2.45, 2.75) is 60.8 Å². The van der Waals surface area contributed by atoms with Gasteiger partial charge in [-0.1, -0.05) is 50.2 Å². The molecule has 0 spiro atoms. The molecule has 4 aromatic carbocycles. The number of rotatable bonds is 6. The molecule has 0 unspecified atom stereocenters. The average molecular weight is 465 g/mol. The molecule has 0 aliphatic rings. The van der Waals surface area contributed by atoms with Crippen LogP contribution in [0.4, 0.5) is 0 Å². The molecule has 4 rings (SSSR count). The molecule has 0 N–H and O–H groups in total. The van der Waals surface area contributed by atoms with Crippen molar-refractivity contribution < 1.29 is 9.47 Å². The van der Waals surface area contributed by atoms with Crippen LogP contribution < -0.4 is 9.47 Å². The molecule has 0 saturated carbocycles. The van der Waals surface area contributed by atoms with E-state index in [1.165, 1.54) is 33.4 Å². The van der Waals surface area contributed by atoms with E-state index in [1.54, 1.807) is 0 Å². The molecule has 0 aliphatic heterocycles. The molecule has 180 valence electrons. The lowest BCUT2D eigenvalue weighted by Crippen LogP contribution is -2.19. The Morgan fingerprint density at radius 3 is 1.17 bits per heavy atom. The highest BCUT2D eigenvalue weighted by Gasteiger charge is 2.25. The van der Waals surface area contributed by atoms with Gasteiger partial charge in [-0.25, -0.2) is 0 Å². The lowest BCUT2D eigenvalue weighted by atomic mass is 9.77. The van der Waals surface area contributed by atoms with Crippen molar-refractivity contribution in [3.8, 4) is 23.0 Å². The molecule has 2 heteroatoms. The first-order chi connectivity index (χ1) is 16.5. The number of hydrogen-bond acceptors (Lipinski definition) is 2. The highest BCUT2D eigenvalue weighted by molar-refractivity contribution is 5.49. The summed E-state index contributed by atoms with van der Waals surface area (Å²) in [6.45, 7) is 17.2. The first kappa shape index (κ1) is 24.6. The number of benzene rings is 4. The molecule has 0 radical (unpaired) electrons. The summed E-state index contributed by atoms with van der Waals surface area (Å²) >= 11 is 0. The summed E-state index contributed by atoms with van der Waals surface area (Å²) in [7, 11) is 0. The smallest absolute Gasteiger partial charge is 0.130 e. The zero-order valence-electron chi connectivity index (χ0n) is 22.2. The van der Waals surface area contributed by atoms with Crippen LogP contribution in [-0.4, -0.2) is 0 Å². The molecule has 0 aliphatic carbocycles. The minimum Gasteiger partial charge on any atom is -0.457 e. The predicted octanol–water partition coefficient (Wildman–Crippen LogP) is 9.45. The second-order valence-corrected chi connectivity index (χ2v) is 10.3. The monoisotopic (exact) mass is 464 g/mol. The molecule has 35 heavy (non-hydrogen) atoms. The van der Waals surface area contributed by atoms with Crippen LogP contribution >= 0.6 is 0 Å². The Balaban J connectivity index is 1.56. The Morgan fingerprint density at radius 2 is 0.829 bits per heavy atom. The molecular formula is C33H36O2. The minimum atomic E-state index is -0.159. The van der Waals surface area contributed by atoms with Crippen LogP contribution in [0.3, 0.4) is 0 Å². The normalized spacial score (nSPS) is 11.4. The van der Waals surface area contributed by atoms with E-state index in [4.69, 9.17) is 9.47 Å². The van der Waals surface area contributed by atoms with Gasteiger partial charge in [-0.3, -0.25) is 0 Å². The Morgan fingerprint density at radius 1 is 0.429 bits per heavy atom. The Labute approximate surface area is 210 Å². The van der Waals surface area contributed by atoms with Gasteiger partial charge in [0.15, 0.2) is 0 Å². The van der Waals surface area contributed by atoms with Gasteiger partial charge in [-0.15, -0.1) is 0 Å². The summed E-state index contributed by atoms with van der Waals surface area (Å²) in [6, 6.07) is 25.5. The second kappa shape index (κ2) is 9.62. The highest BCUT2D eigenvalue weighted by atomic mass is 16.5. The van der Waals surface area contributed by atoms with Crippen molar-refractivity contribution in [1.29, 1.82) is 0 Å². The zero-order chi connectivity index (χ0) is 25.3. The van der Waals surface area contributed by atoms with Gasteiger partial charge in [0.2, 0.25) is 0 Å². The average Bonchev–Trinajstić information content (AvgIpc) is 2.81. The van der Waals surface area contributed by atoms with E-state index in [1.807, 2.05) is 12.1 Å². The molecule has 0 bridgehead atoms. The first-order valence-corrected chi connectivity index (χ1v) is 12.3. The van der Waals surface area contributed by atoms with E-state index in [0.29, 0.717) is 0 Å². The van der Waals surface area contributed by atoms with Crippen molar-refractivity contribution in [2.75, 3.05) is 0 Å². The molecule has 2 nitrogen and oxygen atoms in total. The van der Waals surface area contributed by atoms with Crippen molar-refractivity contribution in [3.05, 3.63) is 117 Å². The number of aryl methyl sites for hydroxylation is 6. The SMILES string of the molecule is Cc1ccc(Oc2ccc(C(C)(C)c3ccc(Oc4ccc(C)c(C)c4)c(C)c3)cc2C)cc1C. The van der Waals surface area contributed by atoms with Crippen LogP contribution in [0, 0.1) is 41.5 Å². The van der Waals surface area contributed by atoms with Gasteiger partial charge >= 0.3 is 0 Å².